The van der Waals surface area contributed by atoms with Crippen LogP contribution in [-0.2, 0) is 0 Å². The third-order valence-electron chi connectivity index (χ3n) is 6.19. The van der Waals surface area contributed by atoms with Crippen LogP contribution < -0.4 is 10.3 Å². The Morgan fingerprint density at radius 3 is 2.47 bits per heavy atom. The van der Waals surface area contributed by atoms with Crippen molar-refractivity contribution < 1.29 is 35.5 Å². The lowest BCUT2D eigenvalue weighted by Crippen LogP contribution is -2.28. The largest absolute Gasteiger partial charge is 0.392 e. The van der Waals surface area contributed by atoms with Gasteiger partial charge in [-0.15, -0.1) is 0 Å². The van der Waals surface area contributed by atoms with Crippen molar-refractivity contribution in [1.82, 2.24) is 9.55 Å². The number of hydrogen-bond donors (Lipinski definition) is 0. The highest BCUT2D eigenvalue weighted by Crippen LogP contribution is 2.33. The average molecular weight is 515 g/mol. The van der Waals surface area contributed by atoms with Crippen molar-refractivity contribution >= 4 is 22.6 Å². The van der Waals surface area contributed by atoms with Gasteiger partial charge in [-0.25, -0.2) is 22.5 Å². The molecular formula is C24H20F7N3O2. The van der Waals surface area contributed by atoms with Gasteiger partial charge in [0.2, 0.25) is 5.43 Å². The van der Waals surface area contributed by atoms with Crippen LogP contribution in [0.3, 0.4) is 0 Å². The number of alkyl halides is 5. The number of halogens is 7. The van der Waals surface area contributed by atoms with Gasteiger partial charge in [0.15, 0.2) is 11.4 Å². The molecule has 0 aliphatic carbocycles. The molecule has 192 valence electrons. The molecule has 3 heterocycles. The first-order valence-electron chi connectivity index (χ1n) is 11.1. The number of aromatic nitrogens is 2. The number of carbonyl (C=O) groups is 1. The number of Topliss-reactive ketones (excluding diaryl/α,β-unsaturated/α-hetero) is 1. The molecular weight excluding hydrogens is 495 g/mol. The molecule has 2 aromatic heterocycles. The summed E-state index contributed by atoms with van der Waals surface area (Å²) >= 11 is 0. The van der Waals surface area contributed by atoms with E-state index in [-0.39, 0.29) is 29.1 Å². The summed E-state index contributed by atoms with van der Waals surface area (Å²) in [7, 11) is 0. The van der Waals surface area contributed by atoms with Gasteiger partial charge < -0.3 is 4.90 Å². The van der Waals surface area contributed by atoms with E-state index in [9.17, 15) is 40.3 Å². The first kappa shape index (κ1) is 25.6. The Morgan fingerprint density at radius 2 is 1.89 bits per heavy atom. The number of carbonyl (C=O) groups excluding carboxylic acids is 1. The molecule has 0 N–H and O–H groups in total. The van der Waals surface area contributed by atoms with Gasteiger partial charge in [-0.05, 0) is 30.7 Å². The Hall–Kier alpha value is -3.44. The Kier molecular flexibility index (Phi) is 6.56. The minimum atomic E-state index is -4.67. The fraction of sp³-hybridized carbons (Fsp3) is 0.375. The van der Waals surface area contributed by atoms with E-state index in [1.54, 1.807) is 0 Å². The van der Waals surface area contributed by atoms with Crippen LogP contribution in [0.5, 0.6) is 0 Å². The molecule has 1 saturated heterocycles. The topological polar surface area (TPSA) is 55.2 Å². The van der Waals surface area contributed by atoms with Crippen molar-refractivity contribution in [3.8, 4) is 5.69 Å². The van der Waals surface area contributed by atoms with Crippen LogP contribution in [0.15, 0.2) is 41.3 Å². The molecule has 0 bridgehead atoms. The lowest BCUT2D eigenvalue weighted by molar-refractivity contribution is -0.174. The molecule has 0 spiro atoms. The first-order chi connectivity index (χ1) is 16.8. The number of ketones is 1. The summed E-state index contributed by atoms with van der Waals surface area (Å²) in [6.07, 6.45) is -5.62. The fourth-order valence-electron chi connectivity index (χ4n) is 4.18. The van der Waals surface area contributed by atoms with Crippen molar-refractivity contribution in [2.24, 2.45) is 5.92 Å². The van der Waals surface area contributed by atoms with Crippen molar-refractivity contribution in [2.75, 3.05) is 18.0 Å². The maximum atomic E-state index is 14.7. The second-order valence-electron chi connectivity index (χ2n) is 8.68. The number of pyridine rings is 2. The zero-order valence-corrected chi connectivity index (χ0v) is 18.9. The van der Waals surface area contributed by atoms with Crippen LogP contribution in [0.1, 0.15) is 36.5 Å². The summed E-state index contributed by atoms with van der Waals surface area (Å²) in [5.74, 6) is -8.01. The average Bonchev–Trinajstić information content (AvgIpc) is 3.16. The van der Waals surface area contributed by atoms with E-state index in [4.69, 9.17) is 0 Å². The predicted octanol–water partition coefficient (Wildman–Crippen LogP) is 5.67. The molecule has 3 aromatic rings. The van der Waals surface area contributed by atoms with Crippen molar-refractivity contribution in [3.63, 3.8) is 0 Å². The standard InChI is InChI=1S/C24H20F7N3O2/c1-2-13(24(29,30)31)9-19(35)16-11-34(18-5-3-14(25)10-17(18)26)22-15(21(16)36)4-6-20(32-22)33-8-7-23(27,28)12-33/h3-6,10-11,13H,2,7-9,12H2,1H3/t13-/m1/s1. The van der Waals surface area contributed by atoms with E-state index in [2.05, 4.69) is 4.98 Å². The van der Waals surface area contributed by atoms with Gasteiger partial charge in [0, 0.05) is 31.6 Å². The smallest absolute Gasteiger partial charge is 0.350 e. The van der Waals surface area contributed by atoms with Crippen LogP contribution in [0.4, 0.5) is 36.6 Å². The summed E-state index contributed by atoms with van der Waals surface area (Å²) in [6, 6.07) is 4.93. The van der Waals surface area contributed by atoms with Crippen molar-refractivity contribution in [2.45, 2.75) is 38.3 Å². The number of fused-ring (bicyclic) bond motifs is 1. The van der Waals surface area contributed by atoms with Gasteiger partial charge >= 0.3 is 6.18 Å². The highest BCUT2D eigenvalue weighted by molar-refractivity contribution is 5.99. The van der Waals surface area contributed by atoms with E-state index >= 15 is 0 Å². The molecule has 1 atom stereocenters. The van der Waals surface area contributed by atoms with Gasteiger partial charge in [0.25, 0.3) is 5.92 Å². The van der Waals surface area contributed by atoms with E-state index in [0.29, 0.717) is 6.07 Å². The number of rotatable bonds is 6. The number of hydrogen-bond acceptors (Lipinski definition) is 4. The summed E-state index contributed by atoms with van der Waals surface area (Å²) in [5.41, 5.74) is -2.12. The van der Waals surface area contributed by atoms with E-state index < -0.39 is 72.2 Å². The second kappa shape index (κ2) is 9.21. The summed E-state index contributed by atoms with van der Waals surface area (Å²) in [6.45, 7) is 0.589. The minimum absolute atomic E-state index is 0.0347. The highest BCUT2D eigenvalue weighted by atomic mass is 19.4. The molecule has 1 aromatic carbocycles. The molecule has 0 saturated carbocycles. The van der Waals surface area contributed by atoms with Gasteiger partial charge in [0.1, 0.15) is 17.5 Å². The summed E-state index contributed by atoms with van der Waals surface area (Å²) in [4.78, 5) is 31.4. The van der Waals surface area contributed by atoms with Crippen LogP contribution in [0, 0.1) is 17.6 Å². The minimum Gasteiger partial charge on any atom is -0.350 e. The monoisotopic (exact) mass is 515 g/mol. The first-order valence-corrected chi connectivity index (χ1v) is 11.1. The lowest BCUT2D eigenvalue weighted by atomic mass is 9.95. The third-order valence-corrected chi connectivity index (χ3v) is 6.19. The molecule has 0 radical (unpaired) electrons. The van der Waals surface area contributed by atoms with Gasteiger partial charge in [-0.3, -0.25) is 14.2 Å². The number of anilines is 1. The number of nitrogens with zero attached hydrogens (tertiary/aromatic N) is 3. The Morgan fingerprint density at radius 1 is 1.17 bits per heavy atom. The Labute approximate surface area is 200 Å². The van der Waals surface area contributed by atoms with Gasteiger partial charge in [-0.1, -0.05) is 6.92 Å². The maximum Gasteiger partial charge on any atom is 0.392 e. The zero-order valence-electron chi connectivity index (χ0n) is 18.9. The molecule has 1 aliphatic rings. The molecule has 0 unspecified atom stereocenters. The highest BCUT2D eigenvalue weighted by Gasteiger charge is 2.40. The quantitative estimate of drug-likeness (QED) is 0.314. The van der Waals surface area contributed by atoms with Crippen LogP contribution in [0.25, 0.3) is 16.7 Å². The summed E-state index contributed by atoms with van der Waals surface area (Å²) < 4.78 is 96.4. The molecule has 5 nitrogen and oxygen atoms in total. The number of benzene rings is 1. The van der Waals surface area contributed by atoms with Crippen LogP contribution in [-0.4, -0.2) is 40.5 Å². The molecule has 36 heavy (non-hydrogen) atoms. The van der Waals surface area contributed by atoms with Gasteiger partial charge in [-0.2, -0.15) is 13.2 Å². The molecule has 1 aliphatic heterocycles. The Balaban J connectivity index is 1.90. The van der Waals surface area contributed by atoms with Crippen molar-refractivity contribution in [3.05, 3.63) is 63.9 Å². The molecule has 1 fully saturated rings. The van der Waals surface area contributed by atoms with Gasteiger partial charge in [0.05, 0.1) is 29.1 Å². The van der Waals surface area contributed by atoms with E-state index in [1.165, 1.54) is 24.0 Å². The van der Waals surface area contributed by atoms with E-state index in [1.807, 2.05) is 0 Å². The van der Waals surface area contributed by atoms with Crippen molar-refractivity contribution in [1.29, 1.82) is 0 Å². The van der Waals surface area contributed by atoms with Crippen LogP contribution >= 0.6 is 0 Å². The predicted molar refractivity (Wildman–Crippen MR) is 118 cm³/mol. The molecule has 4 rings (SSSR count). The lowest BCUT2D eigenvalue weighted by Gasteiger charge is -2.20. The Bertz CT molecular complexity index is 1380. The molecule has 12 heteroatoms. The normalized spacial score (nSPS) is 16.5. The van der Waals surface area contributed by atoms with Crippen LogP contribution in [0.2, 0.25) is 0 Å². The maximum absolute atomic E-state index is 14.7. The van der Waals surface area contributed by atoms with E-state index in [0.717, 1.165) is 22.9 Å². The fourth-order valence-corrected chi connectivity index (χ4v) is 4.18. The third kappa shape index (κ3) is 4.93. The second-order valence-corrected chi connectivity index (χ2v) is 8.68. The molecule has 0 amide bonds. The summed E-state index contributed by atoms with van der Waals surface area (Å²) in [5, 5.41) is -0.237. The SMILES string of the molecule is CC[C@H](CC(=O)c1cn(-c2ccc(F)cc2F)c2nc(N3CCC(F)(F)C3)ccc2c1=O)C(F)(F)F. The zero-order chi connectivity index (χ0) is 26.4.